The average molecular weight is 376 g/mol. The van der Waals surface area contributed by atoms with Gasteiger partial charge in [-0.1, -0.05) is 0 Å². The van der Waals surface area contributed by atoms with Crippen LogP contribution in [0.2, 0.25) is 0 Å². The topological polar surface area (TPSA) is 0 Å². The molecule has 0 saturated carbocycles. The van der Waals surface area contributed by atoms with Crippen LogP contribution in [0.15, 0.2) is 0 Å². The maximum absolute atomic E-state index is 6.22. The molecule has 0 aliphatic heterocycles. The van der Waals surface area contributed by atoms with E-state index in [1.54, 1.807) is 0 Å². The molecule has 0 fully saturated rings. The fourth-order valence-electron chi connectivity index (χ4n) is 0.961. The molecule has 0 nitrogen and oxygen atoms in total. The largest absolute Gasteiger partial charge is 0.160 e. The number of thioether (sulfide) groups is 3. The molecule has 0 aliphatic rings. The van der Waals surface area contributed by atoms with E-state index in [4.69, 9.17) is 46.4 Å². The van der Waals surface area contributed by atoms with Crippen molar-refractivity contribution in [2.24, 2.45) is 0 Å². The van der Waals surface area contributed by atoms with Crippen LogP contribution in [0, 0.1) is 0 Å². The molecule has 0 saturated heterocycles. The van der Waals surface area contributed by atoms with E-state index in [2.05, 4.69) is 0 Å². The first-order chi connectivity index (χ1) is 8.24. The van der Waals surface area contributed by atoms with Crippen LogP contribution in [-0.4, -0.2) is 57.0 Å². The molecule has 0 amide bonds. The van der Waals surface area contributed by atoms with Crippen molar-refractivity contribution in [1.82, 2.24) is 0 Å². The van der Waals surface area contributed by atoms with E-state index in [1.165, 1.54) is 0 Å². The molecule has 0 aromatic carbocycles. The lowest BCUT2D eigenvalue weighted by Crippen LogP contribution is -2.15. The van der Waals surface area contributed by atoms with E-state index in [0.717, 1.165) is 28.8 Å². The van der Waals surface area contributed by atoms with Gasteiger partial charge in [0.1, 0.15) is 0 Å². The summed E-state index contributed by atoms with van der Waals surface area (Å²) in [5, 5.41) is 0.682. The van der Waals surface area contributed by atoms with Gasteiger partial charge in [0.15, 0.2) is 0 Å². The van der Waals surface area contributed by atoms with Crippen molar-refractivity contribution in [1.29, 1.82) is 0 Å². The molecule has 0 N–H and O–H groups in total. The summed E-state index contributed by atoms with van der Waals surface area (Å²) in [5.74, 6) is 7.02. The highest BCUT2D eigenvalue weighted by Crippen LogP contribution is 2.22. The van der Waals surface area contributed by atoms with E-state index in [9.17, 15) is 0 Å². The van der Waals surface area contributed by atoms with E-state index in [-0.39, 0.29) is 5.38 Å². The van der Waals surface area contributed by atoms with E-state index in [1.807, 2.05) is 35.3 Å². The minimum absolute atomic E-state index is 0.206. The SMILES string of the molecule is ClCCSCC(Cl)CSC(CCl)CSCCCl. The highest BCUT2D eigenvalue weighted by atomic mass is 35.5. The van der Waals surface area contributed by atoms with Gasteiger partial charge in [-0.2, -0.15) is 35.3 Å². The summed E-state index contributed by atoms with van der Waals surface area (Å²) in [6, 6.07) is 0. The van der Waals surface area contributed by atoms with E-state index in [0.29, 0.717) is 22.9 Å². The van der Waals surface area contributed by atoms with E-state index >= 15 is 0 Å². The fraction of sp³-hybridized carbons (Fsp3) is 1.00. The highest BCUT2D eigenvalue weighted by Gasteiger charge is 2.12. The highest BCUT2D eigenvalue weighted by molar-refractivity contribution is 8.03. The number of hydrogen-bond donors (Lipinski definition) is 0. The Morgan fingerprint density at radius 3 is 1.94 bits per heavy atom. The third-order valence-electron chi connectivity index (χ3n) is 1.73. The first-order valence-corrected chi connectivity index (χ1v) is 10.7. The summed E-state index contributed by atoms with van der Waals surface area (Å²) in [5.41, 5.74) is 0. The molecule has 17 heavy (non-hydrogen) atoms. The van der Waals surface area contributed by atoms with Gasteiger partial charge < -0.3 is 0 Å². The molecule has 0 radical (unpaired) electrons. The normalized spacial score (nSPS) is 14.8. The molecule has 7 heteroatoms. The molecule has 0 aliphatic carbocycles. The Hall–Kier alpha value is 2.21. The van der Waals surface area contributed by atoms with Crippen LogP contribution >= 0.6 is 81.7 Å². The Bertz CT molecular complexity index is 162. The smallest absolute Gasteiger partial charge is 0.0517 e. The lowest BCUT2D eigenvalue weighted by Gasteiger charge is -2.15. The summed E-state index contributed by atoms with van der Waals surface area (Å²) in [6.45, 7) is 0. The van der Waals surface area contributed by atoms with Crippen LogP contribution < -0.4 is 0 Å². The number of hydrogen-bond acceptors (Lipinski definition) is 3. The minimum Gasteiger partial charge on any atom is -0.160 e. The Morgan fingerprint density at radius 2 is 1.41 bits per heavy atom. The molecule has 0 rings (SSSR count). The van der Waals surface area contributed by atoms with Crippen molar-refractivity contribution in [2.45, 2.75) is 10.6 Å². The van der Waals surface area contributed by atoms with Gasteiger partial charge in [-0.15, -0.1) is 46.4 Å². The minimum atomic E-state index is 0.206. The zero-order valence-corrected chi connectivity index (χ0v) is 15.0. The molecule has 2 atom stereocenters. The third kappa shape index (κ3) is 13.0. The van der Waals surface area contributed by atoms with Gasteiger partial charge in [0, 0.05) is 51.7 Å². The van der Waals surface area contributed by atoms with Crippen molar-refractivity contribution >= 4 is 81.7 Å². The Labute approximate surface area is 138 Å². The maximum atomic E-state index is 6.22. The lowest BCUT2D eigenvalue weighted by molar-refractivity contribution is 1.09. The molecular weight excluding hydrogens is 358 g/mol. The van der Waals surface area contributed by atoms with Crippen LogP contribution in [0.5, 0.6) is 0 Å². The quantitative estimate of drug-likeness (QED) is 0.352. The van der Waals surface area contributed by atoms with Crippen molar-refractivity contribution in [3.8, 4) is 0 Å². The molecular formula is C10H18Cl4S3. The van der Waals surface area contributed by atoms with Crippen LogP contribution in [0.1, 0.15) is 0 Å². The Kier molecular flexibility index (Phi) is 16.5. The summed E-state index contributed by atoms with van der Waals surface area (Å²) in [4.78, 5) is 0. The van der Waals surface area contributed by atoms with Crippen LogP contribution in [0.4, 0.5) is 0 Å². The molecule has 104 valence electrons. The van der Waals surface area contributed by atoms with Crippen molar-refractivity contribution < 1.29 is 0 Å². The molecule has 0 spiro atoms. The van der Waals surface area contributed by atoms with Gasteiger partial charge in [0.25, 0.3) is 0 Å². The molecule has 0 bridgehead atoms. The summed E-state index contributed by atoms with van der Waals surface area (Å²) >= 11 is 28.9. The Balaban J connectivity index is 3.52. The number of halogens is 4. The monoisotopic (exact) mass is 374 g/mol. The lowest BCUT2D eigenvalue weighted by atomic mass is 10.5. The predicted molar refractivity (Wildman–Crippen MR) is 92.7 cm³/mol. The fourth-order valence-corrected chi connectivity index (χ4v) is 5.42. The summed E-state index contributed by atoms with van der Waals surface area (Å²) < 4.78 is 0. The van der Waals surface area contributed by atoms with E-state index < -0.39 is 0 Å². The first kappa shape index (κ1) is 19.2. The van der Waals surface area contributed by atoms with Crippen LogP contribution in [0.3, 0.4) is 0 Å². The van der Waals surface area contributed by atoms with Crippen molar-refractivity contribution in [3.63, 3.8) is 0 Å². The van der Waals surface area contributed by atoms with Gasteiger partial charge >= 0.3 is 0 Å². The number of alkyl halides is 4. The summed E-state index contributed by atoms with van der Waals surface area (Å²) in [6.07, 6.45) is 0. The first-order valence-electron chi connectivity index (χ1n) is 5.33. The second-order valence-electron chi connectivity index (χ2n) is 3.23. The van der Waals surface area contributed by atoms with Crippen LogP contribution in [0.25, 0.3) is 0 Å². The van der Waals surface area contributed by atoms with Gasteiger partial charge in [0.05, 0.1) is 5.38 Å². The summed E-state index contributed by atoms with van der Waals surface area (Å²) in [7, 11) is 0. The Morgan fingerprint density at radius 1 is 0.824 bits per heavy atom. The van der Waals surface area contributed by atoms with Gasteiger partial charge in [0.2, 0.25) is 0 Å². The molecule has 0 aromatic rings. The second-order valence-corrected chi connectivity index (χ2v) is 8.55. The standard InChI is InChI=1S/C10H18Cl4S3/c11-1-3-15-6-9(14)7-17-10(5-13)8-16-4-2-12/h9-10H,1-8H2. The zero-order chi connectivity index (χ0) is 12.9. The predicted octanol–water partition coefficient (Wildman–Crippen LogP) is 4.88. The molecule has 2 unspecified atom stereocenters. The van der Waals surface area contributed by atoms with Gasteiger partial charge in [-0.25, -0.2) is 0 Å². The van der Waals surface area contributed by atoms with Gasteiger partial charge in [-0.3, -0.25) is 0 Å². The van der Waals surface area contributed by atoms with Crippen molar-refractivity contribution in [2.75, 3.05) is 46.4 Å². The zero-order valence-electron chi connectivity index (χ0n) is 9.55. The molecule has 0 heterocycles. The number of rotatable bonds is 12. The van der Waals surface area contributed by atoms with Crippen molar-refractivity contribution in [3.05, 3.63) is 0 Å². The maximum Gasteiger partial charge on any atom is 0.0517 e. The van der Waals surface area contributed by atoms with Crippen LogP contribution in [-0.2, 0) is 0 Å². The third-order valence-corrected chi connectivity index (χ3v) is 7.66. The molecule has 0 aromatic heterocycles. The average Bonchev–Trinajstić information content (AvgIpc) is 2.34. The second kappa shape index (κ2) is 14.6. The van der Waals surface area contributed by atoms with Gasteiger partial charge in [-0.05, 0) is 0 Å².